The van der Waals surface area contributed by atoms with Crippen molar-refractivity contribution in [2.45, 2.75) is 27.2 Å². The van der Waals surface area contributed by atoms with Gasteiger partial charge in [0.05, 0.1) is 0 Å². The lowest BCUT2D eigenvalue weighted by atomic mass is 10.1. The second-order valence-corrected chi connectivity index (χ2v) is 3.62. The van der Waals surface area contributed by atoms with E-state index in [1.807, 2.05) is 6.92 Å². The summed E-state index contributed by atoms with van der Waals surface area (Å²) in [6, 6.07) is 1.76. The minimum absolute atomic E-state index is 0.518. The van der Waals surface area contributed by atoms with E-state index < -0.39 is 0 Å². The fourth-order valence-corrected chi connectivity index (χ4v) is 1.10. The number of aryl methyl sites for hydroxylation is 1. The van der Waals surface area contributed by atoms with E-state index in [1.165, 1.54) is 0 Å². The number of nitrogens with two attached hydrogens (primary N) is 1. The van der Waals surface area contributed by atoms with Crippen LogP contribution < -0.4 is 11.1 Å². The summed E-state index contributed by atoms with van der Waals surface area (Å²) in [5.74, 6) is 2.68. The number of hydrogen-bond donors (Lipinski definition) is 2. The van der Waals surface area contributed by atoms with Crippen molar-refractivity contribution >= 4 is 11.6 Å². The molecule has 3 N–H and O–H groups in total. The van der Waals surface area contributed by atoms with Crippen LogP contribution in [0.15, 0.2) is 6.07 Å². The van der Waals surface area contributed by atoms with Gasteiger partial charge in [-0.3, -0.25) is 0 Å². The molecule has 14 heavy (non-hydrogen) atoms. The van der Waals surface area contributed by atoms with E-state index in [1.54, 1.807) is 6.07 Å². The highest BCUT2D eigenvalue weighted by molar-refractivity contribution is 5.44. The third-order valence-corrected chi connectivity index (χ3v) is 2.19. The van der Waals surface area contributed by atoms with Crippen LogP contribution in [0.3, 0.4) is 0 Å². The fourth-order valence-electron chi connectivity index (χ4n) is 1.10. The van der Waals surface area contributed by atoms with E-state index >= 15 is 0 Å². The first-order chi connectivity index (χ1) is 6.61. The summed E-state index contributed by atoms with van der Waals surface area (Å²) in [5, 5.41) is 3.25. The zero-order valence-electron chi connectivity index (χ0n) is 9.04. The van der Waals surface area contributed by atoms with Crippen LogP contribution in [-0.2, 0) is 0 Å². The molecular formula is C10H18N4. The van der Waals surface area contributed by atoms with E-state index in [0.29, 0.717) is 17.6 Å². The molecule has 4 nitrogen and oxygen atoms in total. The molecule has 78 valence electrons. The van der Waals surface area contributed by atoms with Crippen molar-refractivity contribution in [3.05, 3.63) is 11.9 Å². The molecule has 0 spiro atoms. The number of nitrogens with zero attached hydrogens (tertiary/aromatic N) is 2. The highest BCUT2D eigenvalue weighted by atomic mass is 15.0. The van der Waals surface area contributed by atoms with Crippen molar-refractivity contribution in [3.63, 3.8) is 0 Å². The molecule has 1 aromatic heterocycles. The predicted molar refractivity (Wildman–Crippen MR) is 59.1 cm³/mol. The van der Waals surface area contributed by atoms with Crippen LogP contribution in [0.25, 0.3) is 0 Å². The molecule has 0 aliphatic heterocycles. The summed E-state index contributed by atoms with van der Waals surface area (Å²) < 4.78 is 0. The molecule has 1 aromatic rings. The van der Waals surface area contributed by atoms with Crippen LogP contribution in [0.5, 0.6) is 0 Å². The molecule has 1 unspecified atom stereocenters. The highest BCUT2D eigenvalue weighted by Gasteiger charge is 2.01. The Bertz CT molecular complexity index is 278. The summed E-state index contributed by atoms with van der Waals surface area (Å²) >= 11 is 0. The number of anilines is 2. The molecule has 0 saturated carbocycles. The number of hydrogen-bond acceptors (Lipinski definition) is 4. The Balaban J connectivity index is 2.58. The lowest BCUT2D eigenvalue weighted by Gasteiger charge is -2.11. The van der Waals surface area contributed by atoms with Crippen molar-refractivity contribution in [1.82, 2.24) is 9.97 Å². The minimum Gasteiger partial charge on any atom is -0.384 e. The fraction of sp³-hybridized carbons (Fsp3) is 0.600. The molecule has 0 amide bonds. The van der Waals surface area contributed by atoms with Crippen LogP contribution >= 0.6 is 0 Å². The van der Waals surface area contributed by atoms with Crippen LogP contribution in [-0.4, -0.2) is 16.5 Å². The van der Waals surface area contributed by atoms with Gasteiger partial charge in [0.25, 0.3) is 0 Å². The molecule has 0 saturated heterocycles. The van der Waals surface area contributed by atoms with E-state index in [-0.39, 0.29) is 0 Å². The Morgan fingerprint density at radius 1 is 1.50 bits per heavy atom. The van der Waals surface area contributed by atoms with Crippen molar-refractivity contribution in [1.29, 1.82) is 0 Å². The Morgan fingerprint density at radius 3 is 2.79 bits per heavy atom. The van der Waals surface area contributed by atoms with Gasteiger partial charge in [0.15, 0.2) is 0 Å². The van der Waals surface area contributed by atoms with Crippen LogP contribution in [0.2, 0.25) is 0 Å². The number of nitrogens with one attached hydrogen (secondary N) is 1. The van der Waals surface area contributed by atoms with Crippen LogP contribution in [0.1, 0.15) is 26.1 Å². The first kappa shape index (κ1) is 10.8. The second kappa shape index (κ2) is 4.79. The van der Waals surface area contributed by atoms with Crippen LogP contribution in [0.4, 0.5) is 11.6 Å². The summed E-state index contributed by atoms with van der Waals surface area (Å²) in [6.45, 7) is 7.13. The Labute approximate surface area is 85.0 Å². The smallest absolute Gasteiger partial charge is 0.131 e. The Hall–Kier alpha value is -1.32. The van der Waals surface area contributed by atoms with Gasteiger partial charge in [-0.05, 0) is 12.8 Å². The minimum atomic E-state index is 0.518. The topological polar surface area (TPSA) is 63.8 Å². The highest BCUT2D eigenvalue weighted by Crippen LogP contribution is 2.09. The predicted octanol–water partition coefficient (Wildman–Crippen LogP) is 1.83. The maximum absolute atomic E-state index is 5.61. The Morgan fingerprint density at radius 2 is 2.21 bits per heavy atom. The molecule has 4 heteroatoms. The van der Waals surface area contributed by atoms with Crippen molar-refractivity contribution < 1.29 is 0 Å². The summed E-state index contributed by atoms with van der Waals surface area (Å²) in [5.41, 5.74) is 5.61. The largest absolute Gasteiger partial charge is 0.384 e. The van der Waals surface area contributed by atoms with Gasteiger partial charge in [0.2, 0.25) is 0 Å². The van der Waals surface area contributed by atoms with Gasteiger partial charge in [-0.15, -0.1) is 0 Å². The van der Waals surface area contributed by atoms with Gasteiger partial charge < -0.3 is 11.1 Å². The Kier molecular flexibility index (Phi) is 3.68. The number of rotatable bonds is 4. The third-order valence-electron chi connectivity index (χ3n) is 2.19. The average molecular weight is 194 g/mol. The molecule has 0 aliphatic carbocycles. The van der Waals surface area contributed by atoms with E-state index in [2.05, 4.69) is 29.1 Å². The maximum atomic E-state index is 5.61. The third kappa shape index (κ3) is 3.20. The molecular weight excluding hydrogens is 176 g/mol. The van der Waals surface area contributed by atoms with Crippen LogP contribution in [0, 0.1) is 12.8 Å². The summed E-state index contributed by atoms with van der Waals surface area (Å²) in [4.78, 5) is 8.25. The average Bonchev–Trinajstić information content (AvgIpc) is 2.12. The van der Waals surface area contributed by atoms with Crippen molar-refractivity contribution in [3.8, 4) is 0 Å². The monoisotopic (exact) mass is 194 g/mol. The lowest BCUT2D eigenvalue weighted by Crippen LogP contribution is -2.12. The van der Waals surface area contributed by atoms with Crippen molar-refractivity contribution in [2.24, 2.45) is 5.92 Å². The standard InChI is InChI=1S/C10H18N4/c1-4-7(2)6-12-10-5-9(11)13-8(3)14-10/h5,7H,4,6H2,1-3H3,(H3,11,12,13,14). The number of nitrogen functional groups attached to an aromatic ring is 1. The summed E-state index contributed by atoms with van der Waals surface area (Å²) in [7, 11) is 0. The lowest BCUT2D eigenvalue weighted by molar-refractivity contribution is 0.592. The van der Waals surface area contributed by atoms with Gasteiger partial charge in [0.1, 0.15) is 17.5 Å². The molecule has 0 bridgehead atoms. The van der Waals surface area contributed by atoms with E-state index in [4.69, 9.17) is 5.73 Å². The van der Waals surface area contributed by atoms with Gasteiger partial charge in [-0.2, -0.15) is 0 Å². The molecule has 0 radical (unpaired) electrons. The molecule has 1 rings (SSSR count). The molecule has 1 atom stereocenters. The number of aromatic nitrogens is 2. The van der Waals surface area contributed by atoms with Crippen molar-refractivity contribution in [2.75, 3.05) is 17.6 Å². The summed E-state index contributed by atoms with van der Waals surface area (Å²) in [6.07, 6.45) is 1.16. The quantitative estimate of drug-likeness (QED) is 0.767. The van der Waals surface area contributed by atoms with Gasteiger partial charge >= 0.3 is 0 Å². The second-order valence-electron chi connectivity index (χ2n) is 3.62. The first-order valence-electron chi connectivity index (χ1n) is 4.96. The normalized spacial score (nSPS) is 12.5. The van der Waals surface area contributed by atoms with E-state index in [0.717, 1.165) is 18.8 Å². The maximum Gasteiger partial charge on any atom is 0.131 e. The molecule has 0 aliphatic rings. The van der Waals surface area contributed by atoms with Gasteiger partial charge in [-0.25, -0.2) is 9.97 Å². The molecule has 0 aromatic carbocycles. The van der Waals surface area contributed by atoms with Gasteiger partial charge in [-0.1, -0.05) is 20.3 Å². The zero-order chi connectivity index (χ0) is 10.6. The molecule has 1 heterocycles. The SMILES string of the molecule is CCC(C)CNc1cc(N)nc(C)n1. The molecule has 0 fully saturated rings. The van der Waals surface area contributed by atoms with Gasteiger partial charge in [0, 0.05) is 12.6 Å². The first-order valence-corrected chi connectivity index (χ1v) is 4.96. The zero-order valence-corrected chi connectivity index (χ0v) is 9.04. The van der Waals surface area contributed by atoms with E-state index in [9.17, 15) is 0 Å².